The van der Waals surface area contributed by atoms with Crippen molar-refractivity contribution in [1.29, 1.82) is 0 Å². The quantitative estimate of drug-likeness (QED) is 0.496. The summed E-state index contributed by atoms with van der Waals surface area (Å²) in [5.41, 5.74) is -3.27. The molecule has 0 amide bonds. The minimum Gasteiger partial charge on any atom is -0.363 e. The van der Waals surface area contributed by atoms with Crippen LogP contribution in [0.15, 0.2) is 0 Å². The van der Waals surface area contributed by atoms with Gasteiger partial charge in [0.05, 0.1) is 0 Å². The number of fused-ring (bicyclic) bond motifs is 2. The molecule has 14 heavy (non-hydrogen) atoms. The molecule has 2 bridgehead atoms. The summed E-state index contributed by atoms with van der Waals surface area (Å²) in [6.45, 7) is 0. The van der Waals surface area contributed by atoms with E-state index in [0.29, 0.717) is 0 Å². The third-order valence-electron chi connectivity index (χ3n) is 1.77. The Balaban J connectivity index is 2.57. The van der Waals surface area contributed by atoms with Crippen LogP contribution in [0.5, 0.6) is 0 Å². The first-order chi connectivity index (χ1) is 6.24. The predicted molar refractivity (Wildman–Crippen MR) is 35.1 cm³/mol. The van der Waals surface area contributed by atoms with E-state index in [-0.39, 0.29) is 0 Å². The van der Waals surface area contributed by atoms with E-state index in [1.54, 1.807) is 0 Å². The predicted octanol–water partition coefficient (Wildman–Crippen LogP) is -1.00. The van der Waals surface area contributed by atoms with Crippen LogP contribution < -0.4 is 0 Å². The molecule has 0 spiro atoms. The van der Waals surface area contributed by atoms with Gasteiger partial charge in [-0.05, 0) is 0 Å². The molecule has 3 N–H and O–H groups in total. The Kier molecular flexibility index (Phi) is 1.87. The van der Waals surface area contributed by atoms with Crippen LogP contribution in [0, 0.1) is 0 Å². The summed E-state index contributed by atoms with van der Waals surface area (Å²) in [4.78, 5) is 0. The summed E-state index contributed by atoms with van der Waals surface area (Å²) in [7, 11) is -8.17. The summed E-state index contributed by atoms with van der Waals surface area (Å²) in [5, 5.41) is 27.5. The van der Waals surface area contributed by atoms with Crippen molar-refractivity contribution in [1.82, 2.24) is 0 Å². The number of aliphatic hydroxyl groups excluding tert-OH is 1. The normalized spacial score (nSPS) is 56.4. The van der Waals surface area contributed by atoms with Crippen LogP contribution in [-0.4, -0.2) is 32.9 Å². The van der Waals surface area contributed by atoms with Crippen LogP contribution in [-0.2, 0) is 27.3 Å². The first-order valence-corrected chi connectivity index (χ1v) is 5.85. The highest BCUT2D eigenvalue weighted by Crippen LogP contribution is 2.73. The van der Waals surface area contributed by atoms with Gasteiger partial charge in [-0.2, -0.15) is 0 Å². The number of hydrogen-bond acceptors (Lipinski definition) is 9. The van der Waals surface area contributed by atoms with Gasteiger partial charge in [-0.1, -0.05) is 0 Å². The van der Waals surface area contributed by atoms with Crippen LogP contribution in [0.4, 0.5) is 0 Å². The number of phosphoric ester groups is 1. The number of aliphatic hydroxyl groups is 3. The molecule has 0 aromatic heterocycles. The molecule has 2 rings (SSSR count). The fourth-order valence-electron chi connectivity index (χ4n) is 1.08. The Hall–Kier alpha value is -0.110. The van der Waals surface area contributed by atoms with Gasteiger partial charge in [-0.15, -0.1) is 0 Å². The Morgan fingerprint density at radius 1 is 1.29 bits per heavy atom. The molecule has 0 aromatic carbocycles. The van der Waals surface area contributed by atoms with Gasteiger partial charge >= 0.3 is 21.0 Å². The number of rotatable bonds is 1. The lowest BCUT2D eigenvalue weighted by atomic mass is 10.2. The van der Waals surface area contributed by atoms with Crippen molar-refractivity contribution < 1.29 is 42.6 Å². The van der Waals surface area contributed by atoms with E-state index in [1.807, 2.05) is 0 Å². The highest BCUT2D eigenvalue weighted by atomic mass is 31.2. The molecule has 11 heteroatoms. The monoisotopic (exact) mass is 246 g/mol. The SMILES string of the molecule is O=P(=O)C1(O)OP2(=O)OC(O)C1(O)O2. The zero-order chi connectivity index (χ0) is 10.8. The van der Waals surface area contributed by atoms with E-state index in [2.05, 4.69) is 13.6 Å². The molecule has 2 aliphatic rings. The molecule has 2 heterocycles. The van der Waals surface area contributed by atoms with E-state index in [0.717, 1.165) is 0 Å². The van der Waals surface area contributed by atoms with Gasteiger partial charge in [0.1, 0.15) is 0 Å². The van der Waals surface area contributed by atoms with Crippen LogP contribution in [0.2, 0.25) is 0 Å². The Morgan fingerprint density at radius 2 is 1.86 bits per heavy atom. The topological polar surface area (TPSA) is 140 Å². The Labute approximate surface area is 76.6 Å². The van der Waals surface area contributed by atoms with E-state index < -0.39 is 33.1 Å². The number of phosphoric acid groups is 1. The third kappa shape index (κ3) is 0.982. The smallest absolute Gasteiger partial charge is 0.363 e. The molecular weight excluding hydrogens is 242 g/mol. The van der Waals surface area contributed by atoms with Gasteiger partial charge in [0, 0.05) is 0 Å². The van der Waals surface area contributed by atoms with Gasteiger partial charge in [-0.25, -0.2) is 22.7 Å². The fraction of sp³-hybridized carbons (Fsp3) is 1.00. The highest BCUT2D eigenvalue weighted by molar-refractivity contribution is 7.50. The molecule has 0 aliphatic carbocycles. The summed E-state index contributed by atoms with van der Waals surface area (Å²) >= 11 is 0. The molecule has 80 valence electrons. The second-order valence-corrected chi connectivity index (χ2v) is 5.24. The molecule has 2 fully saturated rings. The molecule has 0 aromatic rings. The number of hydrogen-bond donors (Lipinski definition) is 3. The fourth-order valence-corrected chi connectivity index (χ4v) is 3.64. The molecule has 2 saturated heterocycles. The van der Waals surface area contributed by atoms with Crippen molar-refractivity contribution in [2.24, 2.45) is 0 Å². The van der Waals surface area contributed by atoms with Gasteiger partial charge in [0.2, 0.25) is 6.29 Å². The molecule has 4 atom stereocenters. The van der Waals surface area contributed by atoms with Crippen molar-refractivity contribution >= 4 is 15.5 Å². The van der Waals surface area contributed by atoms with Gasteiger partial charge in [0.15, 0.2) is 0 Å². The Bertz CT molecular complexity index is 393. The lowest BCUT2D eigenvalue weighted by Gasteiger charge is -2.29. The van der Waals surface area contributed by atoms with Crippen molar-refractivity contribution in [3.63, 3.8) is 0 Å². The average Bonchev–Trinajstić information content (AvgIpc) is 2.33. The second-order valence-electron chi connectivity index (χ2n) is 2.65. The van der Waals surface area contributed by atoms with Crippen molar-refractivity contribution in [3.8, 4) is 0 Å². The molecule has 9 nitrogen and oxygen atoms in total. The van der Waals surface area contributed by atoms with E-state index in [4.69, 9.17) is 5.11 Å². The van der Waals surface area contributed by atoms with E-state index in [9.17, 15) is 23.9 Å². The first-order valence-electron chi connectivity index (χ1n) is 3.21. The Morgan fingerprint density at radius 3 is 2.14 bits per heavy atom. The second kappa shape index (κ2) is 2.52. The average molecular weight is 246 g/mol. The van der Waals surface area contributed by atoms with Crippen LogP contribution >= 0.6 is 15.5 Å². The lowest BCUT2D eigenvalue weighted by molar-refractivity contribution is -0.321. The van der Waals surface area contributed by atoms with Crippen molar-refractivity contribution in [3.05, 3.63) is 0 Å². The highest BCUT2D eigenvalue weighted by Gasteiger charge is 2.80. The zero-order valence-corrected chi connectivity index (χ0v) is 8.05. The van der Waals surface area contributed by atoms with Crippen LogP contribution in [0.25, 0.3) is 0 Å². The van der Waals surface area contributed by atoms with E-state index in [1.165, 1.54) is 0 Å². The van der Waals surface area contributed by atoms with Crippen molar-refractivity contribution in [2.45, 2.75) is 17.6 Å². The maximum absolute atomic E-state index is 11.1. The maximum atomic E-state index is 11.1. The van der Waals surface area contributed by atoms with Gasteiger partial charge in [-0.3, -0.25) is 4.52 Å². The maximum Gasteiger partial charge on any atom is 0.483 e. The zero-order valence-electron chi connectivity index (χ0n) is 6.26. The van der Waals surface area contributed by atoms with Gasteiger partial charge in [0.25, 0.3) is 5.79 Å². The van der Waals surface area contributed by atoms with Gasteiger partial charge < -0.3 is 15.3 Å². The summed E-state index contributed by atoms with van der Waals surface area (Å²) < 4.78 is 44.5. The summed E-state index contributed by atoms with van der Waals surface area (Å²) in [5.74, 6) is -3.09. The largest absolute Gasteiger partial charge is 0.483 e. The molecule has 0 radical (unpaired) electrons. The summed E-state index contributed by atoms with van der Waals surface area (Å²) in [6, 6.07) is 0. The standard InChI is InChI=1S/C3H4O9P2/c4-1-2(5)3(6,13(7)8)12-14(9,10-1)11-2/h1,4-6H. The van der Waals surface area contributed by atoms with Crippen LogP contribution in [0.3, 0.4) is 0 Å². The minimum absolute atomic E-state index is 2.26. The minimum atomic E-state index is -4.41. The molecular formula is C3H4O9P2. The molecule has 0 saturated carbocycles. The third-order valence-corrected chi connectivity index (χ3v) is 4.27. The summed E-state index contributed by atoms with van der Waals surface area (Å²) in [6.07, 6.45) is -2.26. The molecule has 4 unspecified atom stereocenters. The lowest BCUT2D eigenvalue weighted by Crippen LogP contribution is -2.56. The van der Waals surface area contributed by atoms with Crippen LogP contribution in [0.1, 0.15) is 0 Å². The van der Waals surface area contributed by atoms with E-state index >= 15 is 0 Å². The van der Waals surface area contributed by atoms with Crippen molar-refractivity contribution in [2.75, 3.05) is 0 Å². The molecule has 2 aliphatic heterocycles. The first kappa shape index (κ1) is 10.4.